The van der Waals surface area contributed by atoms with Gasteiger partial charge in [-0.3, -0.25) is 14.3 Å². The molecule has 118 valence electrons. The van der Waals surface area contributed by atoms with Crippen molar-refractivity contribution in [3.8, 4) is 0 Å². The van der Waals surface area contributed by atoms with Crippen LogP contribution in [0.2, 0.25) is 0 Å². The Kier molecular flexibility index (Phi) is 4.80. The fourth-order valence-electron chi connectivity index (χ4n) is 2.75. The number of hydrogen-bond donors (Lipinski definition) is 1. The van der Waals surface area contributed by atoms with Crippen molar-refractivity contribution in [1.29, 1.82) is 0 Å². The van der Waals surface area contributed by atoms with Crippen LogP contribution in [0.5, 0.6) is 0 Å². The predicted octanol–water partition coefficient (Wildman–Crippen LogP) is 1.56. The summed E-state index contributed by atoms with van der Waals surface area (Å²) in [6.07, 6.45) is 1.61. The molecule has 0 aliphatic rings. The highest BCUT2D eigenvalue weighted by Gasteiger charge is 2.18. The van der Waals surface area contributed by atoms with Crippen molar-refractivity contribution in [2.24, 2.45) is 0 Å². The molecule has 0 spiro atoms. The maximum absolute atomic E-state index is 12.1. The molecule has 0 unspecified atom stereocenters. The van der Waals surface area contributed by atoms with E-state index >= 15 is 0 Å². The number of rotatable bonds is 5. The summed E-state index contributed by atoms with van der Waals surface area (Å²) in [7, 11) is 0. The van der Waals surface area contributed by atoms with Crippen LogP contribution in [0.15, 0.2) is 29.2 Å². The van der Waals surface area contributed by atoms with Gasteiger partial charge in [0.25, 0.3) is 5.56 Å². The molecular weight excluding hydrogens is 280 g/mol. The third-order valence-electron chi connectivity index (χ3n) is 3.76. The molecular formula is C16H22N4O2. The fourth-order valence-corrected chi connectivity index (χ4v) is 2.75. The molecule has 6 nitrogen and oxygen atoms in total. The molecule has 0 saturated heterocycles. The van der Waals surface area contributed by atoms with Crippen LogP contribution in [0.25, 0.3) is 0 Å². The van der Waals surface area contributed by atoms with Crippen LogP contribution < -0.4 is 10.9 Å². The lowest BCUT2D eigenvalue weighted by Gasteiger charge is -2.15. The number of aryl methyl sites for hydroxylation is 2. The van der Waals surface area contributed by atoms with Gasteiger partial charge in [-0.25, -0.2) is 0 Å². The molecule has 0 radical (unpaired) electrons. The lowest BCUT2D eigenvalue weighted by Crippen LogP contribution is -2.33. The Balaban J connectivity index is 2.11. The zero-order valence-corrected chi connectivity index (χ0v) is 13.5. The summed E-state index contributed by atoms with van der Waals surface area (Å²) in [6.45, 7) is 8.73. The molecule has 0 fully saturated rings. The van der Waals surface area contributed by atoms with Gasteiger partial charge in [0.2, 0.25) is 5.91 Å². The highest BCUT2D eigenvalue weighted by Crippen LogP contribution is 2.21. The minimum absolute atomic E-state index is 0.0179. The highest BCUT2D eigenvalue weighted by molar-refractivity contribution is 5.76. The van der Waals surface area contributed by atoms with Gasteiger partial charge in [-0.15, -0.1) is 0 Å². The first kappa shape index (κ1) is 16.0. The highest BCUT2D eigenvalue weighted by atomic mass is 16.2. The summed E-state index contributed by atoms with van der Waals surface area (Å²) in [5.74, 6) is -0.191. The molecule has 0 bridgehead atoms. The van der Waals surface area contributed by atoms with E-state index in [9.17, 15) is 9.59 Å². The maximum Gasteiger partial charge on any atom is 0.250 e. The van der Waals surface area contributed by atoms with Gasteiger partial charge < -0.3 is 9.88 Å². The molecule has 6 heteroatoms. The second kappa shape index (κ2) is 6.60. The number of pyridine rings is 1. The second-order valence-corrected chi connectivity index (χ2v) is 5.36. The number of hydrogen-bond acceptors (Lipinski definition) is 3. The van der Waals surface area contributed by atoms with E-state index in [1.807, 2.05) is 32.4 Å². The smallest absolute Gasteiger partial charge is 0.250 e. The van der Waals surface area contributed by atoms with Crippen molar-refractivity contribution in [2.45, 2.75) is 46.8 Å². The summed E-state index contributed by atoms with van der Waals surface area (Å²) < 4.78 is 3.31. The van der Waals surface area contributed by atoms with E-state index in [1.54, 1.807) is 18.3 Å². The summed E-state index contributed by atoms with van der Waals surface area (Å²) in [5.41, 5.74) is 2.83. The number of carbonyl (C=O) groups is 1. The van der Waals surface area contributed by atoms with Crippen LogP contribution in [-0.4, -0.2) is 20.3 Å². The van der Waals surface area contributed by atoms with Gasteiger partial charge in [-0.2, -0.15) is 5.10 Å². The van der Waals surface area contributed by atoms with E-state index in [2.05, 4.69) is 10.4 Å². The predicted molar refractivity (Wildman–Crippen MR) is 84.6 cm³/mol. The minimum atomic E-state index is -0.191. The van der Waals surface area contributed by atoms with Gasteiger partial charge >= 0.3 is 0 Å². The lowest BCUT2D eigenvalue weighted by atomic mass is 10.1. The Labute approximate surface area is 129 Å². The Bertz CT molecular complexity index is 730. The Morgan fingerprint density at radius 3 is 2.68 bits per heavy atom. The summed E-state index contributed by atoms with van der Waals surface area (Å²) >= 11 is 0. The number of amides is 1. The normalized spacial score (nSPS) is 12.2. The van der Waals surface area contributed by atoms with Crippen molar-refractivity contribution in [3.05, 3.63) is 51.7 Å². The SMILES string of the molecule is CCn1nc(C)c([C@H](C)NC(=O)Cn2ccccc2=O)c1C. The van der Waals surface area contributed by atoms with Crippen LogP contribution in [0.3, 0.4) is 0 Å². The number of aromatic nitrogens is 3. The number of nitrogens with one attached hydrogen (secondary N) is 1. The van der Waals surface area contributed by atoms with Gasteiger partial charge in [-0.1, -0.05) is 6.07 Å². The van der Waals surface area contributed by atoms with E-state index in [4.69, 9.17) is 0 Å². The molecule has 2 rings (SSSR count). The summed E-state index contributed by atoms with van der Waals surface area (Å²) in [6, 6.07) is 4.69. The quantitative estimate of drug-likeness (QED) is 0.911. The molecule has 2 heterocycles. The monoisotopic (exact) mass is 302 g/mol. The van der Waals surface area contributed by atoms with E-state index in [0.29, 0.717) is 0 Å². The fraction of sp³-hybridized carbons (Fsp3) is 0.438. The molecule has 0 aliphatic carbocycles. The van der Waals surface area contributed by atoms with E-state index in [1.165, 1.54) is 10.6 Å². The topological polar surface area (TPSA) is 68.9 Å². The molecule has 1 amide bonds. The van der Waals surface area contributed by atoms with Crippen LogP contribution in [0.4, 0.5) is 0 Å². The first-order chi connectivity index (χ1) is 10.4. The Morgan fingerprint density at radius 2 is 2.09 bits per heavy atom. The first-order valence-corrected chi connectivity index (χ1v) is 7.42. The Morgan fingerprint density at radius 1 is 1.36 bits per heavy atom. The van der Waals surface area contributed by atoms with Gasteiger partial charge in [0.1, 0.15) is 6.54 Å². The third kappa shape index (κ3) is 3.27. The van der Waals surface area contributed by atoms with Gasteiger partial charge in [0, 0.05) is 30.1 Å². The van der Waals surface area contributed by atoms with Gasteiger partial charge in [0.05, 0.1) is 11.7 Å². The molecule has 0 aliphatic heterocycles. The zero-order chi connectivity index (χ0) is 16.3. The van der Waals surface area contributed by atoms with Crippen molar-refractivity contribution in [3.63, 3.8) is 0 Å². The van der Waals surface area contributed by atoms with Crippen molar-refractivity contribution in [1.82, 2.24) is 19.7 Å². The molecule has 2 aromatic rings. The van der Waals surface area contributed by atoms with Crippen LogP contribution in [-0.2, 0) is 17.9 Å². The summed E-state index contributed by atoms with van der Waals surface area (Å²) in [5, 5.41) is 7.40. The van der Waals surface area contributed by atoms with E-state index in [0.717, 1.165) is 23.5 Å². The lowest BCUT2D eigenvalue weighted by molar-refractivity contribution is -0.122. The largest absolute Gasteiger partial charge is 0.348 e. The van der Waals surface area contributed by atoms with E-state index in [-0.39, 0.29) is 24.1 Å². The molecule has 1 N–H and O–H groups in total. The number of nitrogens with zero attached hydrogens (tertiary/aromatic N) is 3. The standard InChI is InChI=1S/C16H22N4O2/c1-5-20-13(4)16(12(3)18-20)11(2)17-14(21)10-19-9-7-6-8-15(19)22/h6-9,11H,5,10H2,1-4H3,(H,17,21)/t11-/m0/s1. The molecule has 0 saturated carbocycles. The Hall–Kier alpha value is -2.37. The molecule has 2 aromatic heterocycles. The van der Waals surface area contributed by atoms with Gasteiger partial charge in [-0.05, 0) is 33.8 Å². The molecule has 1 atom stereocenters. The minimum Gasteiger partial charge on any atom is -0.348 e. The van der Waals surface area contributed by atoms with Crippen molar-refractivity contribution >= 4 is 5.91 Å². The average molecular weight is 302 g/mol. The van der Waals surface area contributed by atoms with Crippen molar-refractivity contribution < 1.29 is 4.79 Å². The van der Waals surface area contributed by atoms with Crippen LogP contribution in [0, 0.1) is 13.8 Å². The second-order valence-electron chi connectivity index (χ2n) is 5.36. The van der Waals surface area contributed by atoms with Gasteiger partial charge in [0.15, 0.2) is 0 Å². The maximum atomic E-state index is 12.1. The summed E-state index contributed by atoms with van der Waals surface area (Å²) in [4.78, 5) is 23.8. The molecule has 22 heavy (non-hydrogen) atoms. The van der Waals surface area contributed by atoms with E-state index < -0.39 is 0 Å². The van der Waals surface area contributed by atoms with Crippen molar-refractivity contribution in [2.75, 3.05) is 0 Å². The van der Waals surface area contributed by atoms with Crippen LogP contribution >= 0.6 is 0 Å². The zero-order valence-electron chi connectivity index (χ0n) is 13.5. The van der Waals surface area contributed by atoms with Crippen LogP contribution in [0.1, 0.15) is 36.8 Å². The molecule has 0 aromatic carbocycles. The third-order valence-corrected chi connectivity index (χ3v) is 3.76. The first-order valence-electron chi connectivity index (χ1n) is 7.42. The number of carbonyl (C=O) groups excluding carboxylic acids is 1. The average Bonchev–Trinajstić information content (AvgIpc) is 2.75.